The summed E-state index contributed by atoms with van der Waals surface area (Å²) in [6, 6.07) is 42.9. The van der Waals surface area contributed by atoms with Crippen LogP contribution in [-0.2, 0) is 0 Å². The summed E-state index contributed by atoms with van der Waals surface area (Å²) in [6.07, 6.45) is 35.0. The highest BCUT2D eigenvalue weighted by molar-refractivity contribution is 6.16. The Morgan fingerprint density at radius 3 is 0.625 bits per heavy atom. The van der Waals surface area contributed by atoms with Gasteiger partial charge in [0.2, 0.25) is 0 Å². The minimum Gasteiger partial charge on any atom is -0.493 e. The van der Waals surface area contributed by atoms with Gasteiger partial charge in [-0.2, -0.15) is 42.1 Å². The summed E-state index contributed by atoms with van der Waals surface area (Å²) in [5.74, 6) is 3.35. The Hall–Kier alpha value is -11.3. The fourth-order valence-electron chi connectivity index (χ4n) is 12.8. The van der Waals surface area contributed by atoms with Crippen LogP contribution in [0, 0.1) is 90.6 Å². The molecule has 5 aromatic rings. The van der Waals surface area contributed by atoms with Crippen LogP contribution in [0.4, 0.5) is 0 Å². The molecule has 0 unspecified atom stereocenters. The molecule has 5 aromatic carbocycles. The van der Waals surface area contributed by atoms with Gasteiger partial charge >= 0.3 is 0 Å². The molecule has 0 aromatic heterocycles. The minimum atomic E-state index is -0.157. The normalized spacial score (nSPS) is 11.9. The van der Waals surface area contributed by atoms with Crippen molar-refractivity contribution in [1.29, 1.82) is 42.1 Å². The molecule has 0 saturated heterocycles. The molecule has 7 rings (SSSR count). The van der Waals surface area contributed by atoms with Crippen LogP contribution in [0.3, 0.4) is 0 Å². The SMILES string of the molecule is CCCCCCOc1cc(/C=C/c2cc(OCCCCCC)c(/C=C/c3cc(OCCCCCC)c(C=C4C(=C(C#N)C#N)c5ccccc5C4=C(C#N)C#N)cc3OCCCCCC)cc2OCCCCCC)c(OCCCCCC)cc1C=C1C(=C(C#N)C#N)c2ccccc2C1=C(C#N)C#N. The summed E-state index contributed by atoms with van der Waals surface area (Å²) in [7, 11) is 0. The van der Waals surface area contributed by atoms with Crippen LogP contribution in [0.1, 0.15) is 251 Å². The van der Waals surface area contributed by atoms with Crippen molar-refractivity contribution >= 4 is 58.7 Å². The van der Waals surface area contributed by atoms with Crippen molar-refractivity contribution in [2.75, 3.05) is 39.6 Å². The summed E-state index contributed by atoms with van der Waals surface area (Å²) in [5.41, 5.74) is 7.79. The van der Waals surface area contributed by atoms with Crippen molar-refractivity contribution in [2.24, 2.45) is 0 Å². The maximum atomic E-state index is 10.5. The van der Waals surface area contributed by atoms with Crippen LogP contribution in [0.25, 0.3) is 58.7 Å². The number of fused-ring (bicyclic) bond motifs is 2. The van der Waals surface area contributed by atoms with Crippen LogP contribution in [-0.4, -0.2) is 39.6 Å². The first-order valence-electron chi connectivity index (χ1n) is 37.6. The number of allylic oxidation sites excluding steroid dienone is 10. The van der Waals surface area contributed by atoms with Crippen molar-refractivity contribution in [2.45, 2.75) is 196 Å². The van der Waals surface area contributed by atoms with Gasteiger partial charge in [0, 0.05) is 55.7 Å². The summed E-state index contributed by atoms with van der Waals surface area (Å²) >= 11 is 0. The Morgan fingerprint density at radius 2 is 0.442 bits per heavy atom. The summed E-state index contributed by atoms with van der Waals surface area (Å²) in [6.45, 7) is 15.6. The topological polar surface area (TPSA) is 246 Å². The molecular weight excluding hydrogens is 1290 g/mol. The van der Waals surface area contributed by atoms with Gasteiger partial charge in [-0.15, -0.1) is 0 Å². The van der Waals surface area contributed by atoms with Crippen LogP contribution in [0.2, 0.25) is 0 Å². The molecule has 534 valence electrons. The second kappa shape index (κ2) is 44.2. The molecule has 0 amide bonds. The van der Waals surface area contributed by atoms with Gasteiger partial charge in [-0.1, -0.05) is 230 Å². The van der Waals surface area contributed by atoms with Crippen molar-refractivity contribution < 1.29 is 28.4 Å². The van der Waals surface area contributed by atoms with Crippen LogP contribution >= 0.6 is 0 Å². The molecule has 0 radical (unpaired) electrons. The predicted molar refractivity (Wildman–Crippen MR) is 416 cm³/mol. The number of hydrogen-bond donors (Lipinski definition) is 0. The molecule has 2 aliphatic rings. The summed E-state index contributed by atoms with van der Waals surface area (Å²) < 4.78 is 40.9. The number of rotatable bonds is 42. The van der Waals surface area contributed by atoms with Gasteiger partial charge in [-0.05, 0) is 120 Å². The maximum Gasteiger partial charge on any atom is 0.138 e. The van der Waals surface area contributed by atoms with Gasteiger partial charge < -0.3 is 28.4 Å². The molecule has 104 heavy (non-hydrogen) atoms. The number of benzene rings is 5. The molecule has 0 bridgehead atoms. The van der Waals surface area contributed by atoms with Gasteiger partial charge in [-0.3, -0.25) is 0 Å². The second-order valence-electron chi connectivity index (χ2n) is 26.0. The molecule has 0 spiro atoms. The fourth-order valence-corrected chi connectivity index (χ4v) is 12.8. The largest absolute Gasteiger partial charge is 0.493 e. The Bertz CT molecular complexity index is 3930. The Morgan fingerprint density at radius 1 is 0.260 bits per heavy atom. The van der Waals surface area contributed by atoms with E-state index in [4.69, 9.17) is 28.4 Å². The molecule has 0 fully saturated rings. The minimum absolute atomic E-state index is 0.157. The van der Waals surface area contributed by atoms with Crippen LogP contribution < -0.4 is 28.4 Å². The van der Waals surface area contributed by atoms with E-state index in [2.05, 4.69) is 90.1 Å². The van der Waals surface area contributed by atoms with Crippen molar-refractivity contribution in [3.05, 3.63) is 174 Å². The van der Waals surface area contributed by atoms with Crippen molar-refractivity contribution in [3.63, 3.8) is 0 Å². The van der Waals surface area contributed by atoms with E-state index in [9.17, 15) is 42.1 Å². The molecule has 0 atom stereocenters. The van der Waals surface area contributed by atoms with Crippen LogP contribution in [0.15, 0.2) is 118 Å². The lowest BCUT2D eigenvalue weighted by Crippen LogP contribution is -2.04. The highest BCUT2D eigenvalue weighted by Gasteiger charge is 2.34. The third-order valence-electron chi connectivity index (χ3n) is 18.3. The Labute approximate surface area is 618 Å². The summed E-state index contributed by atoms with van der Waals surface area (Å²) in [5, 5.41) is 83.8. The van der Waals surface area contributed by atoms with E-state index < -0.39 is 0 Å². The molecular formula is C90H98N8O6. The first-order chi connectivity index (χ1) is 51.1. The van der Waals surface area contributed by atoms with Gasteiger partial charge in [-0.25, -0.2) is 0 Å². The molecule has 14 heteroatoms. The highest BCUT2D eigenvalue weighted by atomic mass is 16.5. The Balaban J connectivity index is 1.48. The van der Waals surface area contributed by atoms with E-state index in [0.29, 0.717) is 152 Å². The summed E-state index contributed by atoms with van der Waals surface area (Å²) in [4.78, 5) is 0. The smallest absolute Gasteiger partial charge is 0.138 e. The fraction of sp³-hybridized carbons (Fsp3) is 0.400. The highest BCUT2D eigenvalue weighted by Crippen LogP contribution is 2.52. The average Bonchev–Trinajstić information content (AvgIpc) is 1.59. The standard InChI is InChI=1S/C90H98N8O6/c1-7-13-19-29-43-99-81-51-66(40-42-68-54-86(104-48-34-24-18-12-6)70(56-84(68)102-46-32-22-16-10-4)50-80-89(73(61-95)62-96)77-37-27-28-38-78(77)90(80)74(63-97)64-98)82(100-44-30-20-14-8-2)52-65(81)39-41-67-53-85(103-47-33-23-17-11-5)69(55-83(67)101-45-31-21-15-9-3)49-79-87(71(57-91)58-92)75-35-25-26-36-76(75)88(79)72(59-93)60-94/h25-28,35-42,49-56H,7-24,29-34,43-48H2,1-6H3/b41-39+,42-40+. The molecule has 0 N–H and O–H groups in total. The van der Waals surface area contributed by atoms with E-state index in [1.165, 1.54) is 0 Å². The van der Waals surface area contributed by atoms with E-state index in [1.807, 2.05) is 72.9 Å². The number of ether oxygens (including phenoxy) is 6. The molecule has 0 saturated carbocycles. The molecule has 2 aliphatic carbocycles. The number of nitriles is 8. The van der Waals surface area contributed by atoms with Gasteiger partial charge in [0.15, 0.2) is 0 Å². The van der Waals surface area contributed by atoms with Crippen LogP contribution in [0.5, 0.6) is 34.5 Å². The lowest BCUT2D eigenvalue weighted by molar-refractivity contribution is 0.295. The van der Waals surface area contributed by atoms with Crippen molar-refractivity contribution in [1.82, 2.24) is 0 Å². The van der Waals surface area contributed by atoms with Gasteiger partial charge in [0.1, 0.15) is 105 Å². The molecule has 14 nitrogen and oxygen atoms in total. The number of unbranched alkanes of at least 4 members (excludes halogenated alkanes) is 18. The average molecular weight is 1390 g/mol. The predicted octanol–water partition coefficient (Wildman–Crippen LogP) is 23.2. The van der Waals surface area contributed by atoms with Gasteiger partial charge in [0.05, 0.1) is 39.6 Å². The molecule has 0 aliphatic heterocycles. The van der Waals surface area contributed by atoms with Crippen molar-refractivity contribution in [3.8, 4) is 83.1 Å². The third kappa shape index (κ3) is 21.9. The number of hydrogen-bond acceptors (Lipinski definition) is 14. The van der Waals surface area contributed by atoms with E-state index in [0.717, 1.165) is 165 Å². The van der Waals surface area contributed by atoms with E-state index in [-0.39, 0.29) is 22.3 Å². The lowest BCUT2D eigenvalue weighted by Gasteiger charge is -2.18. The lowest BCUT2D eigenvalue weighted by atomic mass is 9.94. The third-order valence-corrected chi connectivity index (χ3v) is 18.3. The maximum absolute atomic E-state index is 10.5. The molecule has 0 heterocycles. The monoisotopic (exact) mass is 1390 g/mol. The van der Waals surface area contributed by atoms with E-state index in [1.54, 1.807) is 48.5 Å². The second-order valence-corrected chi connectivity index (χ2v) is 26.0. The Kier molecular flexibility index (Phi) is 34.0. The van der Waals surface area contributed by atoms with Gasteiger partial charge in [0.25, 0.3) is 0 Å². The first kappa shape index (κ1) is 80.1. The van der Waals surface area contributed by atoms with E-state index >= 15 is 0 Å². The first-order valence-corrected chi connectivity index (χ1v) is 37.6. The zero-order valence-electron chi connectivity index (χ0n) is 61.8. The zero-order chi connectivity index (χ0) is 74.3. The zero-order valence-corrected chi connectivity index (χ0v) is 61.8. The quantitative estimate of drug-likeness (QED) is 0.0200. The number of nitrogens with zero attached hydrogens (tertiary/aromatic N) is 8.